The molecule has 0 bridgehead atoms. The van der Waals surface area contributed by atoms with Crippen LogP contribution in [0.3, 0.4) is 0 Å². The molecular formula is C22H26N8. The van der Waals surface area contributed by atoms with E-state index in [1.165, 1.54) is 5.56 Å². The van der Waals surface area contributed by atoms with Gasteiger partial charge < -0.3 is 0 Å². The van der Waals surface area contributed by atoms with Crippen molar-refractivity contribution in [3.8, 4) is 22.5 Å². The lowest BCUT2D eigenvalue weighted by atomic mass is 9.99. The fourth-order valence-electron chi connectivity index (χ4n) is 3.40. The number of hydrogen-bond acceptors (Lipinski definition) is 6. The van der Waals surface area contributed by atoms with E-state index in [1.807, 2.05) is 6.07 Å². The third-order valence-corrected chi connectivity index (χ3v) is 5.30. The summed E-state index contributed by atoms with van der Waals surface area (Å²) >= 11 is 0. The van der Waals surface area contributed by atoms with Crippen molar-refractivity contribution in [1.82, 2.24) is 40.4 Å². The fourth-order valence-corrected chi connectivity index (χ4v) is 3.40. The van der Waals surface area contributed by atoms with E-state index in [0.717, 1.165) is 54.1 Å². The van der Waals surface area contributed by atoms with Crippen LogP contribution in [0.1, 0.15) is 56.7 Å². The van der Waals surface area contributed by atoms with Gasteiger partial charge in [-0.3, -0.25) is 4.98 Å². The van der Waals surface area contributed by atoms with Gasteiger partial charge in [-0.15, -0.1) is 5.10 Å². The highest BCUT2D eigenvalue weighted by molar-refractivity contribution is 5.79. The third kappa shape index (κ3) is 4.12. The predicted molar refractivity (Wildman–Crippen MR) is 115 cm³/mol. The van der Waals surface area contributed by atoms with E-state index in [9.17, 15) is 0 Å². The lowest BCUT2D eigenvalue weighted by Crippen LogP contribution is -2.06. The Morgan fingerprint density at radius 3 is 2.60 bits per heavy atom. The van der Waals surface area contributed by atoms with Gasteiger partial charge in [0.25, 0.3) is 0 Å². The first-order valence-electron chi connectivity index (χ1n) is 10.4. The molecule has 4 aromatic rings. The monoisotopic (exact) mass is 402 g/mol. The molecule has 154 valence electrons. The number of pyridine rings is 1. The van der Waals surface area contributed by atoms with Crippen LogP contribution in [-0.4, -0.2) is 40.4 Å². The molecule has 0 aliphatic heterocycles. The summed E-state index contributed by atoms with van der Waals surface area (Å²) in [5.74, 6) is 2.95. The Bertz CT molecular complexity index is 1080. The number of tetrazole rings is 1. The molecular weight excluding hydrogens is 376 g/mol. The number of hydrogen-bond donors (Lipinski definition) is 1. The maximum absolute atomic E-state index is 4.84. The summed E-state index contributed by atoms with van der Waals surface area (Å²) in [6.07, 6.45) is 6.39. The second-order valence-electron chi connectivity index (χ2n) is 7.46. The summed E-state index contributed by atoms with van der Waals surface area (Å²) in [6.45, 7) is 7.41. The van der Waals surface area contributed by atoms with Crippen LogP contribution in [0.5, 0.6) is 0 Å². The second-order valence-corrected chi connectivity index (χ2v) is 7.46. The van der Waals surface area contributed by atoms with Gasteiger partial charge in [-0.05, 0) is 46.0 Å². The summed E-state index contributed by atoms with van der Waals surface area (Å²) in [5.41, 5.74) is 4.19. The van der Waals surface area contributed by atoms with Gasteiger partial charge in [-0.25, -0.2) is 14.8 Å². The van der Waals surface area contributed by atoms with E-state index in [0.29, 0.717) is 11.7 Å². The summed E-state index contributed by atoms with van der Waals surface area (Å²) in [5, 5.41) is 18.9. The van der Waals surface area contributed by atoms with Gasteiger partial charge in [0.15, 0.2) is 11.6 Å². The van der Waals surface area contributed by atoms with Crippen LogP contribution in [0.15, 0.2) is 42.7 Å². The van der Waals surface area contributed by atoms with Crippen molar-refractivity contribution in [3.05, 3.63) is 59.9 Å². The van der Waals surface area contributed by atoms with E-state index >= 15 is 0 Å². The minimum Gasteiger partial charge on any atom is -0.264 e. The zero-order valence-electron chi connectivity index (χ0n) is 17.6. The molecule has 3 heterocycles. The predicted octanol–water partition coefficient (Wildman–Crippen LogP) is 4.03. The molecule has 0 aliphatic rings. The van der Waals surface area contributed by atoms with Crippen LogP contribution in [0.25, 0.3) is 22.5 Å². The topological polar surface area (TPSA) is 98.1 Å². The first-order chi connectivity index (χ1) is 14.7. The minimum atomic E-state index is 0.375. The summed E-state index contributed by atoms with van der Waals surface area (Å²) in [6, 6.07) is 10.5. The van der Waals surface area contributed by atoms with Crippen molar-refractivity contribution in [2.45, 2.75) is 52.5 Å². The number of aromatic nitrogens is 8. The summed E-state index contributed by atoms with van der Waals surface area (Å²) in [7, 11) is 0. The van der Waals surface area contributed by atoms with Gasteiger partial charge >= 0.3 is 0 Å². The molecule has 30 heavy (non-hydrogen) atoms. The Labute approximate surface area is 175 Å². The van der Waals surface area contributed by atoms with Crippen molar-refractivity contribution >= 4 is 0 Å². The molecule has 0 fully saturated rings. The molecule has 0 radical (unpaired) electrons. The molecule has 0 spiro atoms. The largest absolute Gasteiger partial charge is 0.264 e. The van der Waals surface area contributed by atoms with E-state index in [-0.39, 0.29) is 0 Å². The van der Waals surface area contributed by atoms with Gasteiger partial charge in [0.05, 0.1) is 0 Å². The van der Waals surface area contributed by atoms with Crippen molar-refractivity contribution in [3.63, 3.8) is 0 Å². The van der Waals surface area contributed by atoms with Crippen LogP contribution in [0, 0.1) is 0 Å². The Hall–Kier alpha value is -3.42. The van der Waals surface area contributed by atoms with Crippen LogP contribution < -0.4 is 0 Å². The van der Waals surface area contributed by atoms with Crippen molar-refractivity contribution in [1.29, 1.82) is 0 Å². The Morgan fingerprint density at radius 2 is 1.90 bits per heavy atom. The van der Waals surface area contributed by atoms with Crippen molar-refractivity contribution in [2.75, 3.05) is 0 Å². The van der Waals surface area contributed by atoms with Crippen molar-refractivity contribution in [2.24, 2.45) is 0 Å². The number of nitrogens with one attached hydrogen (secondary N) is 1. The molecule has 0 saturated carbocycles. The first kappa shape index (κ1) is 19.9. The van der Waals surface area contributed by atoms with E-state index in [2.05, 4.69) is 75.3 Å². The molecule has 0 amide bonds. The number of nitrogens with zero attached hydrogens (tertiary/aromatic N) is 7. The third-order valence-electron chi connectivity index (χ3n) is 5.30. The molecule has 4 rings (SSSR count). The smallest absolute Gasteiger partial charge is 0.181 e. The number of H-pyrrole nitrogens is 1. The fraction of sp³-hybridized carbons (Fsp3) is 0.364. The molecule has 0 aliphatic carbocycles. The molecule has 1 aromatic carbocycles. The minimum absolute atomic E-state index is 0.375. The van der Waals surface area contributed by atoms with Gasteiger partial charge in [0, 0.05) is 36.8 Å². The number of rotatable bonds is 8. The number of aromatic amines is 1. The maximum atomic E-state index is 4.84. The van der Waals surface area contributed by atoms with Gasteiger partial charge in [-0.2, -0.15) is 5.10 Å². The van der Waals surface area contributed by atoms with Gasteiger partial charge in [0.1, 0.15) is 5.82 Å². The van der Waals surface area contributed by atoms with Crippen LogP contribution in [0.2, 0.25) is 0 Å². The van der Waals surface area contributed by atoms with Gasteiger partial charge in [0.2, 0.25) is 0 Å². The second kappa shape index (κ2) is 8.94. The quantitative estimate of drug-likeness (QED) is 0.478. The summed E-state index contributed by atoms with van der Waals surface area (Å²) in [4.78, 5) is 9.06. The number of aryl methyl sites for hydroxylation is 1. The van der Waals surface area contributed by atoms with E-state index in [1.54, 1.807) is 12.4 Å². The molecule has 1 unspecified atom stereocenters. The van der Waals surface area contributed by atoms with Crippen LogP contribution in [-0.2, 0) is 13.0 Å². The highest BCUT2D eigenvalue weighted by Crippen LogP contribution is 2.29. The van der Waals surface area contributed by atoms with E-state index < -0.39 is 0 Å². The SMILES string of the molecule is CCCn1nc(C(C)CC)nc1Cc1ccc(-c2ccncc2-c2nnn[nH]2)cc1. The molecule has 3 aromatic heterocycles. The molecule has 0 saturated heterocycles. The molecule has 1 atom stereocenters. The molecule has 8 heteroatoms. The highest BCUT2D eigenvalue weighted by atomic mass is 15.5. The number of benzene rings is 1. The molecule has 1 N–H and O–H groups in total. The lowest BCUT2D eigenvalue weighted by Gasteiger charge is -2.08. The average molecular weight is 403 g/mol. The van der Waals surface area contributed by atoms with Gasteiger partial charge in [-0.1, -0.05) is 45.0 Å². The van der Waals surface area contributed by atoms with Crippen LogP contribution >= 0.6 is 0 Å². The van der Waals surface area contributed by atoms with Crippen LogP contribution in [0.4, 0.5) is 0 Å². The standard InChI is InChI=1S/C22H26N8/c1-4-12-30-20(24-21(27-30)15(3)5-2)13-16-6-8-17(9-7-16)18-10-11-23-14-19(18)22-25-28-29-26-22/h6-11,14-15H,4-5,12-13H2,1-3H3,(H,25,26,28,29). The Morgan fingerprint density at radius 1 is 1.07 bits per heavy atom. The highest BCUT2D eigenvalue weighted by Gasteiger charge is 2.15. The first-order valence-corrected chi connectivity index (χ1v) is 10.4. The van der Waals surface area contributed by atoms with E-state index in [4.69, 9.17) is 10.1 Å². The molecule has 8 nitrogen and oxygen atoms in total. The zero-order chi connectivity index (χ0) is 20.9. The average Bonchev–Trinajstić information content (AvgIpc) is 3.45. The Balaban J connectivity index is 1.59. The Kier molecular flexibility index (Phi) is 5.92. The normalized spacial score (nSPS) is 12.2. The van der Waals surface area contributed by atoms with Crippen molar-refractivity contribution < 1.29 is 0 Å². The lowest BCUT2D eigenvalue weighted by molar-refractivity contribution is 0.562. The summed E-state index contributed by atoms with van der Waals surface area (Å²) < 4.78 is 2.06. The zero-order valence-corrected chi connectivity index (χ0v) is 17.6. The maximum Gasteiger partial charge on any atom is 0.181 e.